The number of anilines is 1. The molecule has 4 heteroatoms. The van der Waals surface area contributed by atoms with Crippen molar-refractivity contribution in [1.29, 1.82) is 0 Å². The molecule has 2 aliphatic rings. The number of fused-ring (bicyclic) bond motifs is 1. The lowest BCUT2D eigenvalue weighted by atomic mass is 10.1. The summed E-state index contributed by atoms with van der Waals surface area (Å²) in [6.45, 7) is 4.14. The van der Waals surface area contributed by atoms with Gasteiger partial charge in [-0.05, 0) is 29.3 Å². The molecular weight excluding hydrogens is 300 g/mol. The van der Waals surface area contributed by atoms with Crippen molar-refractivity contribution in [2.45, 2.75) is 12.8 Å². The van der Waals surface area contributed by atoms with E-state index in [9.17, 15) is 4.79 Å². The van der Waals surface area contributed by atoms with Crippen LogP contribution in [-0.2, 0) is 17.6 Å². The lowest BCUT2D eigenvalue weighted by Crippen LogP contribution is -2.49. The predicted molar refractivity (Wildman–Crippen MR) is 94.6 cm³/mol. The van der Waals surface area contributed by atoms with Gasteiger partial charge in [-0.3, -0.25) is 4.79 Å². The van der Waals surface area contributed by atoms with Gasteiger partial charge in [0.1, 0.15) is 5.75 Å². The van der Waals surface area contributed by atoms with Crippen molar-refractivity contribution in [2.24, 2.45) is 0 Å². The standard InChI is InChI=1S/C20H22N2O2/c23-20(15-16-6-7-19-17(14-16)8-13-24-19)22-11-9-21(10-12-22)18-4-2-1-3-5-18/h1-7,14H,8-13,15H2. The van der Waals surface area contributed by atoms with Gasteiger partial charge in [-0.25, -0.2) is 0 Å². The number of carbonyl (C=O) groups excluding carboxylic acids is 1. The van der Waals surface area contributed by atoms with Crippen LogP contribution in [0.15, 0.2) is 48.5 Å². The molecule has 0 aromatic heterocycles. The number of piperazine rings is 1. The molecule has 2 heterocycles. The molecular formula is C20H22N2O2. The highest BCUT2D eigenvalue weighted by Gasteiger charge is 2.22. The van der Waals surface area contributed by atoms with E-state index in [1.807, 2.05) is 23.1 Å². The second kappa shape index (κ2) is 6.56. The zero-order valence-corrected chi connectivity index (χ0v) is 13.8. The van der Waals surface area contributed by atoms with Gasteiger partial charge in [0, 0.05) is 38.3 Å². The van der Waals surface area contributed by atoms with Crippen molar-refractivity contribution in [3.05, 3.63) is 59.7 Å². The molecule has 1 saturated heterocycles. The highest BCUT2D eigenvalue weighted by molar-refractivity contribution is 5.79. The fourth-order valence-electron chi connectivity index (χ4n) is 3.49. The minimum absolute atomic E-state index is 0.224. The molecule has 2 aromatic carbocycles. The van der Waals surface area contributed by atoms with Crippen LogP contribution >= 0.6 is 0 Å². The smallest absolute Gasteiger partial charge is 0.227 e. The number of para-hydroxylation sites is 1. The topological polar surface area (TPSA) is 32.8 Å². The van der Waals surface area contributed by atoms with Crippen molar-refractivity contribution in [3.8, 4) is 5.75 Å². The monoisotopic (exact) mass is 322 g/mol. The van der Waals surface area contributed by atoms with Crippen molar-refractivity contribution in [2.75, 3.05) is 37.7 Å². The molecule has 2 aromatic rings. The van der Waals surface area contributed by atoms with Gasteiger partial charge in [0.25, 0.3) is 0 Å². The summed E-state index contributed by atoms with van der Waals surface area (Å²) < 4.78 is 5.53. The average Bonchev–Trinajstić information content (AvgIpc) is 3.10. The number of rotatable bonds is 3. The zero-order valence-electron chi connectivity index (χ0n) is 13.8. The molecule has 2 aliphatic heterocycles. The molecule has 0 saturated carbocycles. The van der Waals surface area contributed by atoms with E-state index < -0.39 is 0 Å². The Bertz CT molecular complexity index is 722. The van der Waals surface area contributed by atoms with Gasteiger partial charge in [0.15, 0.2) is 0 Å². The summed E-state index contributed by atoms with van der Waals surface area (Å²) >= 11 is 0. The van der Waals surface area contributed by atoms with Crippen molar-refractivity contribution >= 4 is 11.6 Å². The van der Waals surface area contributed by atoms with Gasteiger partial charge in [-0.1, -0.05) is 30.3 Å². The Morgan fingerprint density at radius 3 is 2.58 bits per heavy atom. The quantitative estimate of drug-likeness (QED) is 0.870. The lowest BCUT2D eigenvalue weighted by molar-refractivity contribution is -0.130. The van der Waals surface area contributed by atoms with Gasteiger partial charge >= 0.3 is 0 Å². The molecule has 4 nitrogen and oxygen atoms in total. The van der Waals surface area contributed by atoms with Crippen LogP contribution in [0.3, 0.4) is 0 Å². The summed E-state index contributed by atoms with van der Waals surface area (Å²) in [7, 11) is 0. The zero-order chi connectivity index (χ0) is 16.4. The molecule has 0 bridgehead atoms. The van der Waals surface area contributed by atoms with Crippen LogP contribution in [-0.4, -0.2) is 43.6 Å². The first kappa shape index (κ1) is 15.1. The SMILES string of the molecule is O=C(Cc1ccc2c(c1)CCO2)N1CCN(c2ccccc2)CC1. The summed E-state index contributed by atoms with van der Waals surface area (Å²) in [5.74, 6) is 1.20. The third-order valence-electron chi connectivity index (χ3n) is 4.86. The number of carbonyl (C=O) groups is 1. The van der Waals surface area contributed by atoms with Crippen LogP contribution in [0.1, 0.15) is 11.1 Å². The molecule has 0 radical (unpaired) electrons. The van der Waals surface area contributed by atoms with E-state index in [0.717, 1.165) is 50.5 Å². The van der Waals surface area contributed by atoms with E-state index in [4.69, 9.17) is 4.74 Å². The maximum atomic E-state index is 12.6. The number of hydrogen-bond donors (Lipinski definition) is 0. The highest BCUT2D eigenvalue weighted by atomic mass is 16.5. The van der Waals surface area contributed by atoms with Gasteiger partial charge in [0.2, 0.25) is 5.91 Å². The van der Waals surface area contributed by atoms with Crippen LogP contribution in [0.5, 0.6) is 5.75 Å². The van der Waals surface area contributed by atoms with E-state index in [0.29, 0.717) is 6.42 Å². The molecule has 1 fully saturated rings. The molecule has 124 valence electrons. The molecule has 1 amide bonds. The van der Waals surface area contributed by atoms with Crippen molar-refractivity contribution < 1.29 is 9.53 Å². The normalized spacial score (nSPS) is 16.7. The molecule has 0 spiro atoms. The predicted octanol–water partition coefficient (Wildman–Crippen LogP) is 2.51. The first-order valence-electron chi connectivity index (χ1n) is 8.62. The Morgan fingerprint density at radius 1 is 1.00 bits per heavy atom. The number of hydrogen-bond acceptors (Lipinski definition) is 3. The summed E-state index contributed by atoms with van der Waals surface area (Å²) in [4.78, 5) is 16.9. The number of nitrogens with zero attached hydrogens (tertiary/aromatic N) is 2. The lowest BCUT2D eigenvalue weighted by Gasteiger charge is -2.36. The maximum absolute atomic E-state index is 12.6. The summed E-state index contributed by atoms with van der Waals surface area (Å²) in [6.07, 6.45) is 1.44. The number of amides is 1. The highest BCUT2D eigenvalue weighted by Crippen LogP contribution is 2.26. The van der Waals surface area contributed by atoms with E-state index in [2.05, 4.69) is 35.2 Å². The van der Waals surface area contributed by atoms with E-state index in [1.54, 1.807) is 0 Å². The molecule has 24 heavy (non-hydrogen) atoms. The second-order valence-electron chi connectivity index (χ2n) is 6.42. The van der Waals surface area contributed by atoms with Crippen LogP contribution in [0.4, 0.5) is 5.69 Å². The molecule has 0 unspecified atom stereocenters. The fourth-order valence-corrected chi connectivity index (χ4v) is 3.49. The summed E-state index contributed by atoms with van der Waals surface area (Å²) in [5.41, 5.74) is 3.56. The third kappa shape index (κ3) is 3.09. The second-order valence-corrected chi connectivity index (χ2v) is 6.42. The average molecular weight is 322 g/mol. The van der Waals surface area contributed by atoms with Gasteiger partial charge in [0.05, 0.1) is 13.0 Å². The maximum Gasteiger partial charge on any atom is 0.227 e. The number of ether oxygens (including phenoxy) is 1. The third-order valence-corrected chi connectivity index (χ3v) is 4.86. The first-order chi connectivity index (χ1) is 11.8. The molecule has 4 rings (SSSR count). The van der Waals surface area contributed by atoms with Gasteiger partial charge in [-0.15, -0.1) is 0 Å². The number of benzene rings is 2. The van der Waals surface area contributed by atoms with Crippen LogP contribution in [0.25, 0.3) is 0 Å². The fraction of sp³-hybridized carbons (Fsp3) is 0.350. The largest absolute Gasteiger partial charge is 0.493 e. The van der Waals surface area contributed by atoms with Crippen LogP contribution in [0.2, 0.25) is 0 Å². The van der Waals surface area contributed by atoms with E-state index >= 15 is 0 Å². The Morgan fingerprint density at radius 2 is 1.79 bits per heavy atom. The molecule has 0 aliphatic carbocycles. The Kier molecular flexibility index (Phi) is 4.11. The van der Waals surface area contributed by atoms with E-state index in [1.165, 1.54) is 11.3 Å². The Labute approximate surface area is 142 Å². The Hall–Kier alpha value is -2.49. The van der Waals surface area contributed by atoms with Crippen molar-refractivity contribution in [1.82, 2.24) is 4.90 Å². The van der Waals surface area contributed by atoms with Gasteiger partial charge in [-0.2, -0.15) is 0 Å². The van der Waals surface area contributed by atoms with Crippen molar-refractivity contribution in [3.63, 3.8) is 0 Å². The summed E-state index contributed by atoms with van der Waals surface area (Å²) in [6, 6.07) is 16.6. The van der Waals surface area contributed by atoms with E-state index in [-0.39, 0.29) is 5.91 Å². The molecule has 0 atom stereocenters. The Balaban J connectivity index is 1.35. The first-order valence-corrected chi connectivity index (χ1v) is 8.62. The van der Waals surface area contributed by atoms with Crippen LogP contribution in [0, 0.1) is 0 Å². The van der Waals surface area contributed by atoms with Crippen LogP contribution < -0.4 is 9.64 Å². The minimum atomic E-state index is 0.224. The molecule has 0 N–H and O–H groups in total. The summed E-state index contributed by atoms with van der Waals surface area (Å²) in [5, 5.41) is 0. The minimum Gasteiger partial charge on any atom is -0.493 e. The van der Waals surface area contributed by atoms with Gasteiger partial charge < -0.3 is 14.5 Å².